The third kappa shape index (κ3) is 4.75. The van der Waals surface area contributed by atoms with E-state index in [1.54, 1.807) is 0 Å². The Hall–Kier alpha value is -1.75. The first-order chi connectivity index (χ1) is 13.0. The molecule has 0 amide bonds. The number of halogens is 1. The van der Waals surface area contributed by atoms with Gasteiger partial charge in [0.25, 0.3) is 0 Å². The zero-order valence-corrected chi connectivity index (χ0v) is 16.2. The van der Waals surface area contributed by atoms with Gasteiger partial charge in [0.05, 0.1) is 5.60 Å². The molecule has 0 bridgehead atoms. The fourth-order valence-electron chi connectivity index (χ4n) is 4.35. The molecule has 1 heterocycles. The predicted molar refractivity (Wildman–Crippen MR) is 106 cm³/mol. The molecule has 0 aromatic heterocycles. The van der Waals surface area contributed by atoms with Gasteiger partial charge >= 0.3 is 0 Å². The van der Waals surface area contributed by atoms with E-state index in [4.69, 9.17) is 4.74 Å². The van der Waals surface area contributed by atoms with Gasteiger partial charge in [-0.05, 0) is 62.3 Å². The SMILES string of the molecule is CC1(C)CC(C(CCO)(NCc2ccccc2)c2ccc(F)cc2)CCO1. The smallest absolute Gasteiger partial charge is 0.123 e. The van der Waals surface area contributed by atoms with Crippen LogP contribution in [-0.4, -0.2) is 23.9 Å². The van der Waals surface area contributed by atoms with Gasteiger partial charge in [0.1, 0.15) is 5.82 Å². The highest BCUT2D eigenvalue weighted by Gasteiger charge is 2.44. The molecule has 1 fully saturated rings. The molecule has 0 radical (unpaired) electrons. The quantitative estimate of drug-likeness (QED) is 0.758. The Morgan fingerprint density at radius 2 is 1.85 bits per heavy atom. The lowest BCUT2D eigenvalue weighted by Crippen LogP contribution is -2.53. The van der Waals surface area contributed by atoms with Gasteiger partial charge in [0.2, 0.25) is 0 Å². The molecule has 0 spiro atoms. The minimum absolute atomic E-state index is 0.0664. The van der Waals surface area contributed by atoms with Crippen LogP contribution in [0.5, 0.6) is 0 Å². The molecule has 2 unspecified atom stereocenters. The van der Waals surface area contributed by atoms with Crippen LogP contribution in [0.4, 0.5) is 4.39 Å². The largest absolute Gasteiger partial charge is 0.396 e. The summed E-state index contributed by atoms with van der Waals surface area (Å²) in [6.07, 6.45) is 2.36. The average Bonchev–Trinajstić information content (AvgIpc) is 2.66. The van der Waals surface area contributed by atoms with E-state index in [0.717, 1.165) is 18.4 Å². The van der Waals surface area contributed by atoms with E-state index in [9.17, 15) is 9.50 Å². The van der Waals surface area contributed by atoms with Gasteiger partial charge in [-0.3, -0.25) is 0 Å². The second kappa shape index (κ2) is 8.51. The van der Waals surface area contributed by atoms with Crippen molar-refractivity contribution in [2.75, 3.05) is 13.2 Å². The van der Waals surface area contributed by atoms with Crippen LogP contribution in [0, 0.1) is 11.7 Å². The van der Waals surface area contributed by atoms with Gasteiger partial charge in [-0.15, -0.1) is 0 Å². The second-order valence-electron chi connectivity index (χ2n) is 8.09. The summed E-state index contributed by atoms with van der Waals surface area (Å²) in [4.78, 5) is 0. The normalized spacial score (nSPS) is 21.6. The standard InChI is InChI=1S/C23H30FNO2/c1-22(2)16-20(12-15-27-22)23(13-14-26,19-8-10-21(24)11-9-19)25-17-18-6-4-3-5-7-18/h3-11,20,25-26H,12-17H2,1-2H3. The Morgan fingerprint density at radius 1 is 1.15 bits per heavy atom. The lowest BCUT2D eigenvalue weighted by Gasteiger charge is -2.48. The van der Waals surface area contributed by atoms with E-state index in [2.05, 4.69) is 31.3 Å². The summed E-state index contributed by atoms with van der Waals surface area (Å²) >= 11 is 0. The molecule has 2 aromatic rings. The Morgan fingerprint density at radius 3 is 2.48 bits per heavy atom. The molecule has 1 aliphatic rings. The van der Waals surface area contributed by atoms with E-state index in [1.165, 1.54) is 17.7 Å². The van der Waals surface area contributed by atoms with Crippen molar-refractivity contribution in [3.05, 3.63) is 71.5 Å². The first-order valence-corrected chi connectivity index (χ1v) is 9.75. The maximum Gasteiger partial charge on any atom is 0.123 e. The van der Waals surface area contributed by atoms with E-state index in [0.29, 0.717) is 19.6 Å². The van der Waals surface area contributed by atoms with Crippen LogP contribution < -0.4 is 5.32 Å². The third-order valence-corrected chi connectivity index (χ3v) is 5.71. The van der Waals surface area contributed by atoms with Gasteiger partial charge in [-0.1, -0.05) is 42.5 Å². The zero-order valence-electron chi connectivity index (χ0n) is 16.2. The number of aliphatic hydroxyl groups is 1. The molecule has 2 atom stereocenters. The lowest BCUT2D eigenvalue weighted by molar-refractivity contribution is -0.0937. The molecule has 1 aliphatic heterocycles. The van der Waals surface area contributed by atoms with Crippen LogP contribution in [-0.2, 0) is 16.8 Å². The average molecular weight is 371 g/mol. The number of nitrogens with one attached hydrogen (secondary N) is 1. The van der Waals surface area contributed by atoms with Crippen molar-refractivity contribution in [1.29, 1.82) is 0 Å². The zero-order chi connectivity index (χ0) is 19.3. The highest BCUT2D eigenvalue weighted by atomic mass is 19.1. The summed E-state index contributed by atoms with van der Waals surface area (Å²) in [7, 11) is 0. The van der Waals surface area contributed by atoms with Crippen LogP contribution in [0.1, 0.15) is 44.2 Å². The summed E-state index contributed by atoms with van der Waals surface area (Å²) in [6, 6.07) is 17.0. The Balaban J connectivity index is 1.97. The summed E-state index contributed by atoms with van der Waals surface area (Å²) in [5, 5.41) is 13.7. The molecule has 4 heteroatoms. The molecule has 1 saturated heterocycles. The monoisotopic (exact) mass is 371 g/mol. The van der Waals surface area contributed by atoms with Crippen molar-refractivity contribution in [2.45, 2.75) is 50.8 Å². The summed E-state index contributed by atoms with van der Waals surface area (Å²) in [5.74, 6) is 0.0367. The molecule has 2 N–H and O–H groups in total. The number of ether oxygens (including phenoxy) is 1. The van der Waals surface area contributed by atoms with E-state index >= 15 is 0 Å². The molecule has 27 heavy (non-hydrogen) atoms. The molecule has 3 nitrogen and oxygen atoms in total. The van der Waals surface area contributed by atoms with E-state index < -0.39 is 5.54 Å². The maximum absolute atomic E-state index is 13.6. The number of rotatable bonds is 7. The maximum atomic E-state index is 13.6. The van der Waals surface area contributed by atoms with E-state index in [1.807, 2.05) is 30.3 Å². The second-order valence-corrected chi connectivity index (χ2v) is 8.09. The van der Waals surface area contributed by atoms with Gasteiger partial charge in [0.15, 0.2) is 0 Å². The summed E-state index contributed by atoms with van der Waals surface area (Å²) < 4.78 is 19.5. The summed E-state index contributed by atoms with van der Waals surface area (Å²) in [6.45, 7) is 5.68. The fourth-order valence-corrected chi connectivity index (χ4v) is 4.35. The highest BCUT2D eigenvalue weighted by Crippen LogP contribution is 2.43. The third-order valence-electron chi connectivity index (χ3n) is 5.71. The Labute approximate surface area is 161 Å². The van der Waals surface area contributed by atoms with Crippen LogP contribution in [0.2, 0.25) is 0 Å². The van der Waals surface area contributed by atoms with Crippen LogP contribution in [0.15, 0.2) is 54.6 Å². The first kappa shape index (κ1) is 20.0. The molecular weight excluding hydrogens is 341 g/mol. The van der Waals surface area contributed by atoms with Crippen molar-refractivity contribution >= 4 is 0 Å². The number of aliphatic hydroxyl groups excluding tert-OH is 1. The fraction of sp³-hybridized carbons (Fsp3) is 0.478. The van der Waals surface area contributed by atoms with Crippen molar-refractivity contribution < 1.29 is 14.2 Å². The minimum atomic E-state index is -0.431. The molecule has 2 aromatic carbocycles. The molecule has 3 rings (SSSR count). The minimum Gasteiger partial charge on any atom is -0.396 e. The van der Waals surface area contributed by atoms with Crippen molar-refractivity contribution in [3.8, 4) is 0 Å². The first-order valence-electron chi connectivity index (χ1n) is 9.75. The predicted octanol–water partition coefficient (Wildman–Crippen LogP) is 4.40. The van der Waals surface area contributed by atoms with Gasteiger partial charge in [0, 0.05) is 25.3 Å². The van der Waals surface area contributed by atoms with Gasteiger partial charge in [-0.25, -0.2) is 4.39 Å². The van der Waals surface area contributed by atoms with Gasteiger partial charge in [-0.2, -0.15) is 0 Å². The Bertz CT molecular complexity index is 717. The Kier molecular flexibility index (Phi) is 6.30. The van der Waals surface area contributed by atoms with E-state index in [-0.39, 0.29) is 23.9 Å². The van der Waals surface area contributed by atoms with Crippen molar-refractivity contribution in [2.24, 2.45) is 5.92 Å². The van der Waals surface area contributed by atoms with Crippen LogP contribution >= 0.6 is 0 Å². The van der Waals surface area contributed by atoms with Gasteiger partial charge < -0.3 is 15.2 Å². The van der Waals surface area contributed by atoms with Crippen LogP contribution in [0.3, 0.4) is 0 Å². The van der Waals surface area contributed by atoms with Crippen molar-refractivity contribution in [1.82, 2.24) is 5.32 Å². The highest BCUT2D eigenvalue weighted by molar-refractivity contribution is 5.28. The summed E-state index contributed by atoms with van der Waals surface area (Å²) in [5.41, 5.74) is 1.57. The number of hydrogen-bond acceptors (Lipinski definition) is 3. The number of benzene rings is 2. The lowest BCUT2D eigenvalue weighted by atomic mass is 9.69. The topological polar surface area (TPSA) is 41.5 Å². The molecular formula is C23H30FNO2. The van der Waals surface area contributed by atoms with Crippen molar-refractivity contribution in [3.63, 3.8) is 0 Å². The molecule has 0 saturated carbocycles. The van der Waals surface area contributed by atoms with Crippen LogP contribution in [0.25, 0.3) is 0 Å². The number of hydrogen-bond donors (Lipinski definition) is 2. The molecule has 146 valence electrons. The molecule has 0 aliphatic carbocycles.